The topological polar surface area (TPSA) is 70.0 Å². The van der Waals surface area contributed by atoms with Crippen LogP contribution in [0.25, 0.3) is 0 Å². The molecule has 21 heavy (non-hydrogen) atoms. The molecule has 1 N–H and O–H groups in total. The van der Waals surface area contributed by atoms with Gasteiger partial charge in [0.2, 0.25) is 5.78 Å². The summed E-state index contributed by atoms with van der Waals surface area (Å²) in [5.74, 6) is -3.47. The molecular formula is C14H14F2N2O3. The van der Waals surface area contributed by atoms with Gasteiger partial charge < -0.3 is 5.11 Å². The molecule has 0 saturated heterocycles. The summed E-state index contributed by atoms with van der Waals surface area (Å²) < 4.78 is 24.5. The van der Waals surface area contributed by atoms with Crippen molar-refractivity contribution in [1.29, 1.82) is 0 Å². The van der Waals surface area contributed by atoms with E-state index < -0.39 is 23.8 Å². The fourth-order valence-corrected chi connectivity index (χ4v) is 1.37. The molecule has 7 heteroatoms. The summed E-state index contributed by atoms with van der Waals surface area (Å²) in [4.78, 5) is 21.8. The van der Waals surface area contributed by atoms with Gasteiger partial charge in [-0.15, -0.1) is 0 Å². The molecule has 0 aliphatic carbocycles. The zero-order chi connectivity index (χ0) is 16.0. The summed E-state index contributed by atoms with van der Waals surface area (Å²) >= 11 is 0. The van der Waals surface area contributed by atoms with Gasteiger partial charge in [0.1, 0.15) is 5.57 Å². The quantitative estimate of drug-likeness (QED) is 0.287. The van der Waals surface area contributed by atoms with E-state index in [4.69, 9.17) is 5.11 Å². The van der Waals surface area contributed by atoms with Gasteiger partial charge in [-0.3, -0.25) is 9.80 Å². The van der Waals surface area contributed by atoms with Crippen LogP contribution in [0, 0.1) is 6.92 Å². The van der Waals surface area contributed by atoms with Crippen molar-refractivity contribution in [1.82, 2.24) is 5.01 Å². The first-order valence-corrected chi connectivity index (χ1v) is 5.92. The third-order valence-corrected chi connectivity index (χ3v) is 2.48. The Labute approximate surface area is 120 Å². The minimum atomic E-state index is -3.37. The third-order valence-electron chi connectivity index (χ3n) is 2.48. The maximum absolute atomic E-state index is 12.3. The van der Waals surface area contributed by atoms with Crippen molar-refractivity contribution >= 4 is 18.0 Å². The van der Waals surface area contributed by atoms with Gasteiger partial charge in [0, 0.05) is 13.2 Å². The van der Waals surface area contributed by atoms with E-state index in [0.717, 1.165) is 22.3 Å². The highest BCUT2D eigenvalue weighted by Gasteiger charge is 2.26. The molecule has 0 aromatic heterocycles. The molecule has 0 fully saturated rings. The lowest BCUT2D eigenvalue weighted by Crippen LogP contribution is -2.21. The van der Waals surface area contributed by atoms with E-state index in [2.05, 4.69) is 5.10 Å². The smallest absolute Gasteiger partial charge is 0.341 e. The second-order valence-electron chi connectivity index (χ2n) is 4.24. The van der Waals surface area contributed by atoms with Crippen LogP contribution < -0.4 is 0 Å². The molecule has 0 radical (unpaired) electrons. The van der Waals surface area contributed by atoms with Crippen molar-refractivity contribution in [3.05, 3.63) is 47.2 Å². The first kappa shape index (κ1) is 16.5. The van der Waals surface area contributed by atoms with Crippen molar-refractivity contribution in [3.63, 3.8) is 0 Å². The predicted octanol–water partition coefficient (Wildman–Crippen LogP) is 2.06. The zero-order valence-corrected chi connectivity index (χ0v) is 11.5. The summed E-state index contributed by atoms with van der Waals surface area (Å²) in [6, 6.07) is 7.30. The number of hydrogen-bond acceptors (Lipinski definition) is 4. The lowest BCUT2D eigenvalue weighted by Gasteiger charge is -2.08. The number of hydrogen-bond donors (Lipinski definition) is 1. The summed E-state index contributed by atoms with van der Waals surface area (Å²) in [5.41, 5.74) is 0.794. The molecular weight excluding hydrogens is 282 g/mol. The average Bonchev–Trinajstić information content (AvgIpc) is 2.43. The molecule has 0 aliphatic heterocycles. The van der Waals surface area contributed by atoms with Crippen LogP contribution in [0.1, 0.15) is 11.1 Å². The lowest BCUT2D eigenvalue weighted by molar-refractivity contribution is -0.137. The monoisotopic (exact) mass is 296 g/mol. The highest BCUT2D eigenvalue weighted by molar-refractivity contribution is 6.17. The number of carboxylic acid groups (broad SMARTS) is 1. The number of carbonyl (C=O) groups excluding carboxylic acids is 1. The van der Waals surface area contributed by atoms with E-state index in [0.29, 0.717) is 0 Å². The maximum atomic E-state index is 12.3. The van der Waals surface area contributed by atoms with Crippen molar-refractivity contribution in [2.45, 2.75) is 13.3 Å². The minimum Gasteiger partial charge on any atom is -0.478 e. The number of carboxylic acids is 1. The van der Waals surface area contributed by atoms with Crippen molar-refractivity contribution in [3.8, 4) is 0 Å². The third kappa shape index (κ3) is 5.13. The largest absolute Gasteiger partial charge is 0.478 e. The summed E-state index contributed by atoms with van der Waals surface area (Å²) in [6.07, 6.45) is -1.20. The predicted molar refractivity (Wildman–Crippen MR) is 73.3 cm³/mol. The number of rotatable bonds is 6. The van der Waals surface area contributed by atoms with Gasteiger partial charge in [-0.05, 0) is 12.5 Å². The Bertz CT molecular complexity index is 580. The van der Waals surface area contributed by atoms with Gasteiger partial charge in [0.25, 0.3) is 0 Å². The number of ketones is 1. The molecule has 0 saturated carbocycles. The van der Waals surface area contributed by atoms with Gasteiger partial charge >= 0.3 is 12.4 Å². The Morgan fingerprint density at radius 2 is 1.86 bits per heavy atom. The Hall–Kier alpha value is -2.57. The molecule has 1 aromatic carbocycles. The molecule has 1 rings (SSSR count). The van der Waals surface area contributed by atoms with Crippen LogP contribution in [0.2, 0.25) is 0 Å². The van der Waals surface area contributed by atoms with Crippen LogP contribution in [0.4, 0.5) is 8.78 Å². The fraction of sp³-hybridized carbons (Fsp3) is 0.214. The number of benzene rings is 1. The highest BCUT2D eigenvalue weighted by atomic mass is 19.3. The van der Waals surface area contributed by atoms with Crippen molar-refractivity contribution < 1.29 is 23.5 Å². The number of nitrogens with zero attached hydrogens (tertiary/aromatic N) is 2. The number of hydrazone groups is 1. The van der Waals surface area contributed by atoms with Gasteiger partial charge in [0.05, 0.1) is 6.21 Å². The number of aryl methyl sites for hydroxylation is 1. The van der Waals surface area contributed by atoms with Crippen LogP contribution in [0.5, 0.6) is 0 Å². The van der Waals surface area contributed by atoms with E-state index in [1.165, 1.54) is 13.3 Å². The lowest BCUT2D eigenvalue weighted by atomic mass is 10.2. The van der Waals surface area contributed by atoms with E-state index >= 15 is 0 Å². The number of carbonyl (C=O) groups is 2. The maximum Gasteiger partial charge on any atom is 0.341 e. The van der Waals surface area contributed by atoms with Crippen molar-refractivity contribution in [2.24, 2.45) is 5.10 Å². The van der Waals surface area contributed by atoms with Crippen LogP contribution in [-0.2, 0) is 9.59 Å². The molecule has 0 atom stereocenters. The summed E-state index contributed by atoms with van der Waals surface area (Å²) in [5, 5.41) is 13.6. The molecule has 0 amide bonds. The second kappa shape index (κ2) is 7.28. The van der Waals surface area contributed by atoms with Crippen molar-refractivity contribution in [2.75, 3.05) is 7.05 Å². The van der Waals surface area contributed by atoms with Crippen LogP contribution in [0.15, 0.2) is 41.1 Å². The second-order valence-corrected chi connectivity index (χ2v) is 4.24. The standard InChI is InChI=1S/C14H14F2N2O3/c1-9-3-5-10(6-4-9)7-17-18(2)8-11(14(20)21)12(19)13(15)16/h3-8,13H,1-2H3,(H,20,21). The Morgan fingerprint density at radius 1 is 1.29 bits per heavy atom. The number of Topliss-reactive ketones (excluding diaryl/α,β-unsaturated/α-hetero) is 1. The normalized spacial score (nSPS) is 12.0. The number of aliphatic carboxylic acids is 1. The van der Waals surface area contributed by atoms with Crippen LogP contribution in [0.3, 0.4) is 0 Å². The molecule has 5 nitrogen and oxygen atoms in total. The van der Waals surface area contributed by atoms with Gasteiger partial charge in [0.15, 0.2) is 0 Å². The van der Waals surface area contributed by atoms with Gasteiger partial charge in [-0.2, -0.15) is 5.10 Å². The van der Waals surface area contributed by atoms with E-state index in [-0.39, 0.29) is 0 Å². The van der Waals surface area contributed by atoms with Crippen LogP contribution >= 0.6 is 0 Å². The summed E-state index contributed by atoms with van der Waals surface area (Å²) in [6.45, 7) is 1.92. The van der Waals surface area contributed by atoms with Gasteiger partial charge in [-0.1, -0.05) is 29.8 Å². The number of alkyl halides is 2. The van der Waals surface area contributed by atoms with E-state index in [9.17, 15) is 18.4 Å². The molecule has 0 bridgehead atoms. The SMILES string of the molecule is Cc1ccc(C=NN(C)C=C(C(=O)O)C(=O)C(F)F)cc1. The Kier molecular flexibility index (Phi) is 5.71. The zero-order valence-electron chi connectivity index (χ0n) is 11.5. The molecule has 0 heterocycles. The molecule has 1 aromatic rings. The Morgan fingerprint density at radius 3 is 2.33 bits per heavy atom. The first-order valence-electron chi connectivity index (χ1n) is 5.92. The molecule has 0 unspecified atom stereocenters. The fourth-order valence-electron chi connectivity index (χ4n) is 1.37. The Balaban J connectivity index is 2.88. The van der Waals surface area contributed by atoms with E-state index in [1.807, 2.05) is 19.1 Å². The highest BCUT2D eigenvalue weighted by Crippen LogP contribution is 2.07. The van der Waals surface area contributed by atoms with Crippen LogP contribution in [-0.4, -0.2) is 41.6 Å². The molecule has 112 valence electrons. The number of halogens is 2. The average molecular weight is 296 g/mol. The summed E-state index contributed by atoms with van der Waals surface area (Å²) in [7, 11) is 1.34. The first-order chi connectivity index (χ1) is 9.81. The van der Waals surface area contributed by atoms with E-state index in [1.54, 1.807) is 12.1 Å². The van der Waals surface area contributed by atoms with Gasteiger partial charge in [-0.25, -0.2) is 13.6 Å². The minimum absolute atomic E-state index is 0.748. The molecule has 0 spiro atoms. The molecule has 0 aliphatic rings.